The van der Waals surface area contributed by atoms with Gasteiger partial charge in [0, 0.05) is 6.61 Å². The quantitative estimate of drug-likeness (QED) is 0.419. The third-order valence-electron chi connectivity index (χ3n) is 2.21. The fraction of sp³-hybridized carbons (Fsp3) is 1.00. The predicted octanol–water partition coefficient (Wildman–Crippen LogP) is -2.18. The molecule has 6 heteroatoms. The van der Waals surface area contributed by atoms with E-state index in [4.69, 9.17) is 14.6 Å². The van der Waals surface area contributed by atoms with Crippen molar-refractivity contribution < 1.29 is 29.9 Å². The summed E-state index contributed by atoms with van der Waals surface area (Å²) in [6.07, 6.45) is -3.74. The van der Waals surface area contributed by atoms with Gasteiger partial charge < -0.3 is 29.9 Å². The van der Waals surface area contributed by atoms with E-state index in [0.717, 1.165) is 0 Å². The van der Waals surface area contributed by atoms with Crippen LogP contribution in [0.15, 0.2) is 0 Å². The highest BCUT2D eigenvalue weighted by Crippen LogP contribution is 2.29. The molecule has 0 aromatic rings. The summed E-state index contributed by atoms with van der Waals surface area (Å²) in [6.45, 7) is 1.38. The molecule has 0 saturated carbocycles. The molecule has 6 nitrogen and oxygen atoms in total. The standard InChI is InChI=1S/C8H16O6/c1-2-13-4-8(12)7(11)6(10)5(3-9)14-8/h5-7,9-12H,2-4H2,1H3/t5-,6-,7+,8-/m1/s1. The monoisotopic (exact) mass is 208 g/mol. The van der Waals surface area contributed by atoms with E-state index in [1.807, 2.05) is 0 Å². The van der Waals surface area contributed by atoms with Gasteiger partial charge in [0.1, 0.15) is 24.9 Å². The van der Waals surface area contributed by atoms with E-state index in [2.05, 4.69) is 0 Å². The Hall–Kier alpha value is -0.240. The lowest BCUT2D eigenvalue weighted by atomic mass is 10.1. The van der Waals surface area contributed by atoms with Crippen LogP contribution >= 0.6 is 0 Å². The zero-order chi connectivity index (χ0) is 10.8. The van der Waals surface area contributed by atoms with Gasteiger partial charge in [0.05, 0.1) is 6.61 Å². The first kappa shape index (κ1) is 11.8. The highest BCUT2D eigenvalue weighted by Gasteiger charge is 2.53. The molecule has 1 rings (SSSR count). The Morgan fingerprint density at radius 3 is 2.50 bits per heavy atom. The molecule has 0 unspecified atom stereocenters. The summed E-state index contributed by atoms with van der Waals surface area (Å²) in [6, 6.07) is 0. The van der Waals surface area contributed by atoms with Crippen LogP contribution in [0, 0.1) is 0 Å². The average Bonchev–Trinajstić information content (AvgIpc) is 2.40. The van der Waals surface area contributed by atoms with Crippen LogP contribution in [0.4, 0.5) is 0 Å². The molecule has 1 aliphatic rings. The highest BCUT2D eigenvalue weighted by molar-refractivity contribution is 4.95. The second-order valence-electron chi connectivity index (χ2n) is 3.26. The van der Waals surface area contributed by atoms with Crippen molar-refractivity contribution in [3.63, 3.8) is 0 Å². The van der Waals surface area contributed by atoms with Crippen LogP contribution < -0.4 is 0 Å². The first-order chi connectivity index (χ1) is 6.55. The van der Waals surface area contributed by atoms with Crippen LogP contribution in [-0.4, -0.2) is 64.3 Å². The summed E-state index contributed by atoms with van der Waals surface area (Å²) in [4.78, 5) is 0. The second kappa shape index (κ2) is 4.52. The Kier molecular flexibility index (Phi) is 3.82. The van der Waals surface area contributed by atoms with Gasteiger partial charge in [0.15, 0.2) is 0 Å². The minimum absolute atomic E-state index is 0.238. The van der Waals surface area contributed by atoms with Crippen molar-refractivity contribution in [1.82, 2.24) is 0 Å². The molecule has 84 valence electrons. The number of hydrogen-bond donors (Lipinski definition) is 4. The van der Waals surface area contributed by atoms with E-state index in [1.165, 1.54) is 0 Å². The normalized spacial score (nSPS) is 43.1. The first-order valence-electron chi connectivity index (χ1n) is 4.50. The Morgan fingerprint density at radius 1 is 1.43 bits per heavy atom. The molecule has 0 aromatic heterocycles. The maximum Gasteiger partial charge on any atom is 0.219 e. The summed E-state index contributed by atoms with van der Waals surface area (Å²) in [5, 5.41) is 37.2. The van der Waals surface area contributed by atoms with Gasteiger partial charge >= 0.3 is 0 Å². The Morgan fingerprint density at radius 2 is 2.07 bits per heavy atom. The molecule has 1 aliphatic heterocycles. The highest BCUT2D eigenvalue weighted by atomic mass is 16.7. The van der Waals surface area contributed by atoms with Gasteiger partial charge in [-0.05, 0) is 6.92 Å². The molecule has 0 bridgehead atoms. The van der Waals surface area contributed by atoms with Crippen LogP contribution in [0.1, 0.15) is 6.92 Å². The minimum atomic E-state index is -1.93. The zero-order valence-corrected chi connectivity index (χ0v) is 7.96. The van der Waals surface area contributed by atoms with Crippen LogP contribution in [0.5, 0.6) is 0 Å². The van der Waals surface area contributed by atoms with Crippen LogP contribution in [0.3, 0.4) is 0 Å². The van der Waals surface area contributed by atoms with E-state index in [0.29, 0.717) is 6.61 Å². The van der Waals surface area contributed by atoms with Crippen LogP contribution in [0.25, 0.3) is 0 Å². The minimum Gasteiger partial charge on any atom is -0.394 e. The lowest BCUT2D eigenvalue weighted by molar-refractivity contribution is -0.254. The molecular weight excluding hydrogens is 192 g/mol. The maximum absolute atomic E-state index is 9.69. The zero-order valence-electron chi connectivity index (χ0n) is 7.96. The summed E-state index contributed by atoms with van der Waals surface area (Å²) in [5.41, 5.74) is 0. The smallest absolute Gasteiger partial charge is 0.219 e. The number of aliphatic hydroxyl groups is 4. The van der Waals surface area contributed by atoms with Gasteiger partial charge in [0.2, 0.25) is 5.79 Å². The van der Waals surface area contributed by atoms with Gasteiger partial charge in [-0.3, -0.25) is 0 Å². The van der Waals surface area contributed by atoms with Crippen molar-refractivity contribution in [3.05, 3.63) is 0 Å². The molecule has 1 heterocycles. The van der Waals surface area contributed by atoms with Gasteiger partial charge in [-0.25, -0.2) is 0 Å². The van der Waals surface area contributed by atoms with Crippen LogP contribution in [-0.2, 0) is 9.47 Å². The van der Waals surface area contributed by atoms with E-state index in [-0.39, 0.29) is 6.61 Å². The summed E-state index contributed by atoms with van der Waals surface area (Å²) >= 11 is 0. The van der Waals surface area contributed by atoms with Crippen LogP contribution in [0.2, 0.25) is 0 Å². The molecule has 1 fully saturated rings. The number of rotatable bonds is 4. The fourth-order valence-corrected chi connectivity index (χ4v) is 1.38. The molecule has 14 heavy (non-hydrogen) atoms. The largest absolute Gasteiger partial charge is 0.394 e. The third-order valence-corrected chi connectivity index (χ3v) is 2.21. The van der Waals surface area contributed by atoms with E-state index < -0.39 is 30.7 Å². The number of aliphatic hydroxyl groups excluding tert-OH is 3. The molecule has 1 saturated heterocycles. The van der Waals surface area contributed by atoms with Gasteiger partial charge in [-0.1, -0.05) is 0 Å². The average molecular weight is 208 g/mol. The van der Waals surface area contributed by atoms with Crippen molar-refractivity contribution in [2.24, 2.45) is 0 Å². The van der Waals surface area contributed by atoms with Gasteiger partial charge in [0.25, 0.3) is 0 Å². The lowest BCUT2D eigenvalue weighted by Gasteiger charge is -2.25. The van der Waals surface area contributed by atoms with Gasteiger partial charge in [-0.15, -0.1) is 0 Å². The number of hydrogen-bond acceptors (Lipinski definition) is 6. The maximum atomic E-state index is 9.69. The Labute approximate surface area is 81.7 Å². The van der Waals surface area contributed by atoms with E-state index in [9.17, 15) is 15.3 Å². The van der Waals surface area contributed by atoms with Gasteiger partial charge in [-0.2, -0.15) is 0 Å². The van der Waals surface area contributed by atoms with Crippen molar-refractivity contribution in [2.75, 3.05) is 19.8 Å². The summed E-state index contributed by atoms with van der Waals surface area (Å²) in [7, 11) is 0. The third kappa shape index (κ3) is 2.05. The first-order valence-corrected chi connectivity index (χ1v) is 4.50. The molecule has 4 N–H and O–H groups in total. The predicted molar refractivity (Wildman–Crippen MR) is 45.4 cm³/mol. The molecule has 0 aliphatic carbocycles. The Balaban J connectivity index is 2.61. The molecule has 4 atom stereocenters. The Bertz CT molecular complexity index is 187. The summed E-state index contributed by atoms with van der Waals surface area (Å²) < 4.78 is 9.81. The van der Waals surface area contributed by atoms with E-state index in [1.54, 1.807) is 6.92 Å². The van der Waals surface area contributed by atoms with Crippen molar-refractivity contribution in [2.45, 2.75) is 31.0 Å². The molecule has 0 amide bonds. The van der Waals surface area contributed by atoms with E-state index >= 15 is 0 Å². The molecule has 0 radical (unpaired) electrons. The topological polar surface area (TPSA) is 99.4 Å². The van der Waals surface area contributed by atoms with Crippen molar-refractivity contribution in [1.29, 1.82) is 0 Å². The molecule has 0 spiro atoms. The lowest BCUT2D eigenvalue weighted by Crippen LogP contribution is -2.46. The second-order valence-corrected chi connectivity index (χ2v) is 3.26. The molecule has 0 aromatic carbocycles. The summed E-state index contributed by atoms with van der Waals surface area (Å²) in [5.74, 6) is -1.93. The fourth-order valence-electron chi connectivity index (χ4n) is 1.38. The number of ether oxygens (including phenoxy) is 2. The van der Waals surface area contributed by atoms with Crippen molar-refractivity contribution >= 4 is 0 Å². The molecular formula is C8H16O6. The SMILES string of the molecule is CCOC[C@@]1(O)O[C@H](CO)[C@@H](O)[C@@H]1O. The van der Waals surface area contributed by atoms with Crippen molar-refractivity contribution in [3.8, 4) is 0 Å².